The number of halogens is 4. The van der Waals surface area contributed by atoms with Crippen LogP contribution in [0.3, 0.4) is 0 Å². The first-order valence-corrected chi connectivity index (χ1v) is 10.7. The largest absolute Gasteiger partial charge is 0.394 e. The van der Waals surface area contributed by atoms with Crippen LogP contribution in [0.2, 0.25) is 0 Å². The topological polar surface area (TPSA) is 74.0 Å². The highest BCUT2D eigenvalue weighted by Gasteiger charge is 2.79. The summed E-state index contributed by atoms with van der Waals surface area (Å²) in [4.78, 5) is 27.3. The van der Waals surface area contributed by atoms with Crippen molar-refractivity contribution >= 4 is 11.8 Å². The molecule has 2 amide bonds. The Labute approximate surface area is 182 Å². The highest BCUT2D eigenvalue weighted by molar-refractivity contribution is 5.89. The van der Waals surface area contributed by atoms with Crippen LogP contribution in [0.25, 0.3) is 11.3 Å². The number of hydrogen-bond donors (Lipinski definition) is 3. The van der Waals surface area contributed by atoms with Crippen LogP contribution in [0.15, 0.2) is 30.3 Å². The van der Waals surface area contributed by atoms with Crippen LogP contribution >= 0.6 is 0 Å². The molecule has 2 bridgehead atoms. The highest BCUT2D eigenvalue weighted by Crippen LogP contribution is 2.78. The summed E-state index contributed by atoms with van der Waals surface area (Å²) < 4.78 is 53.2. The Morgan fingerprint density at radius 1 is 1.16 bits per heavy atom. The second-order valence-corrected chi connectivity index (χ2v) is 9.38. The zero-order chi connectivity index (χ0) is 22.7. The lowest BCUT2D eigenvalue weighted by molar-refractivity contribution is -0.337. The maximum absolute atomic E-state index is 13.4. The fourth-order valence-corrected chi connectivity index (χ4v) is 5.48. The first kappa shape index (κ1) is 21.0. The Kier molecular flexibility index (Phi) is 4.65. The molecule has 3 aliphatic carbocycles. The molecule has 9 heteroatoms. The monoisotopic (exact) mass is 449 g/mol. The number of hydrogen-bond acceptors (Lipinski definition) is 2. The Balaban J connectivity index is 1.35. The summed E-state index contributed by atoms with van der Waals surface area (Å²) in [7, 11) is 0. The molecule has 2 heterocycles. The quantitative estimate of drug-likeness (QED) is 0.588. The van der Waals surface area contributed by atoms with Crippen LogP contribution in [0.1, 0.15) is 43.4 Å². The number of benzene rings is 1. The lowest BCUT2D eigenvalue weighted by atomic mass is 9.34. The molecule has 0 radical (unpaired) electrons. The van der Waals surface area contributed by atoms with E-state index in [-0.39, 0.29) is 43.3 Å². The van der Waals surface area contributed by atoms with Crippen LogP contribution in [0, 0.1) is 11.2 Å². The minimum atomic E-state index is -4.19. The summed E-state index contributed by atoms with van der Waals surface area (Å²) in [6.45, 7) is 0.529. The summed E-state index contributed by atoms with van der Waals surface area (Å²) in [6, 6.07) is 7.19. The summed E-state index contributed by atoms with van der Waals surface area (Å²) in [5.41, 5.74) is 0.873. The van der Waals surface area contributed by atoms with Gasteiger partial charge in [0.2, 0.25) is 11.8 Å². The van der Waals surface area contributed by atoms with Crippen LogP contribution in [-0.4, -0.2) is 35.6 Å². The van der Waals surface area contributed by atoms with E-state index in [1.54, 1.807) is 12.1 Å². The van der Waals surface area contributed by atoms with Gasteiger partial charge >= 0.3 is 6.18 Å². The van der Waals surface area contributed by atoms with Crippen molar-refractivity contribution in [1.29, 1.82) is 0 Å². The Bertz CT molecular complexity index is 1050. The van der Waals surface area contributed by atoms with Crippen molar-refractivity contribution in [2.75, 3.05) is 6.54 Å². The molecule has 170 valence electrons. The van der Waals surface area contributed by atoms with Crippen molar-refractivity contribution in [2.45, 2.75) is 56.2 Å². The number of aryl methyl sites for hydroxylation is 1. The predicted molar refractivity (Wildman–Crippen MR) is 108 cm³/mol. The van der Waals surface area contributed by atoms with E-state index >= 15 is 0 Å². The summed E-state index contributed by atoms with van der Waals surface area (Å²) in [5.74, 6) is -0.847. The van der Waals surface area contributed by atoms with E-state index in [1.807, 2.05) is 6.07 Å². The van der Waals surface area contributed by atoms with Gasteiger partial charge in [0.1, 0.15) is 11.9 Å². The molecule has 1 aliphatic heterocycles. The van der Waals surface area contributed by atoms with Gasteiger partial charge in [0.15, 0.2) is 0 Å². The molecule has 1 aromatic heterocycles. The van der Waals surface area contributed by atoms with Gasteiger partial charge in [0.05, 0.1) is 5.41 Å². The van der Waals surface area contributed by atoms with Gasteiger partial charge in [-0.15, -0.1) is 0 Å². The third-order valence-corrected chi connectivity index (χ3v) is 7.24. The average molecular weight is 449 g/mol. The number of carbonyl (C=O) groups is 2. The molecule has 4 fully saturated rings. The lowest BCUT2D eigenvalue weighted by Crippen LogP contribution is -2.70. The molecule has 5 nitrogen and oxygen atoms in total. The Morgan fingerprint density at radius 3 is 2.44 bits per heavy atom. The molecular weight excluding hydrogens is 426 g/mol. The van der Waals surface area contributed by atoms with Crippen molar-refractivity contribution < 1.29 is 27.2 Å². The number of amides is 2. The smallest absolute Gasteiger partial charge is 0.358 e. The molecule has 1 unspecified atom stereocenters. The Morgan fingerprint density at radius 2 is 1.84 bits per heavy atom. The van der Waals surface area contributed by atoms with Gasteiger partial charge in [-0.1, -0.05) is 0 Å². The number of aromatic amines is 1. The number of carbonyl (C=O) groups excluding carboxylic acids is 2. The van der Waals surface area contributed by atoms with Crippen molar-refractivity contribution in [2.24, 2.45) is 5.41 Å². The van der Waals surface area contributed by atoms with Crippen molar-refractivity contribution in [1.82, 2.24) is 15.6 Å². The van der Waals surface area contributed by atoms with Gasteiger partial charge in [-0.25, -0.2) is 4.39 Å². The molecule has 1 aromatic carbocycles. The lowest BCUT2D eigenvalue weighted by Gasteiger charge is -2.70. The van der Waals surface area contributed by atoms with Gasteiger partial charge in [-0.3, -0.25) is 9.59 Å². The number of nitrogens with one attached hydrogen (secondary N) is 3. The first-order chi connectivity index (χ1) is 15.1. The molecule has 32 heavy (non-hydrogen) atoms. The number of rotatable bonds is 6. The van der Waals surface area contributed by atoms with E-state index in [0.29, 0.717) is 30.6 Å². The third-order valence-electron chi connectivity index (χ3n) is 7.24. The van der Waals surface area contributed by atoms with Crippen molar-refractivity contribution in [3.05, 3.63) is 47.4 Å². The zero-order valence-corrected chi connectivity index (χ0v) is 17.2. The highest BCUT2D eigenvalue weighted by atomic mass is 19.4. The molecule has 2 aromatic rings. The van der Waals surface area contributed by atoms with E-state index in [2.05, 4.69) is 15.6 Å². The molecule has 3 saturated carbocycles. The SMILES string of the molecule is O=C(CCc1cc(C23CC(C(F)(F)F)(C2)C3)[nH]c1-c1ccc(F)cc1)NC1CCNC1=O. The molecule has 3 N–H and O–H groups in total. The van der Waals surface area contributed by atoms with Crippen molar-refractivity contribution in [3.63, 3.8) is 0 Å². The van der Waals surface area contributed by atoms with E-state index in [0.717, 1.165) is 11.3 Å². The second-order valence-electron chi connectivity index (χ2n) is 9.38. The first-order valence-electron chi connectivity index (χ1n) is 10.7. The molecule has 0 spiro atoms. The van der Waals surface area contributed by atoms with E-state index < -0.39 is 23.0 Å². The second kappa shape index (κ2) is 7.08. The van der Waals surface area contributed by atoms with Crippen LogP contribution in [0.4, 0.5) is 17.6 Å². The number of aromatic nitrogens is 1. The summed E-state index contributed by atoms with van der Waals surface area (Å²) in [5, 5.41) is 5.38. The van der Waals surface area contributed by atoms with E-state index in [4.69, 9.17) is 0 Å². The van der Waals surface area contributed by atoms with E-state index in [1.165, 1.54) is 12.1 Å². The maximum Gasteiger partial charge on any atom is 0.394 e. The predicted octanol–water partition coefficient (Wildman–Crippen LogP) is 3.74. The minimum Gasteiger partial charge on any atom is -0.358 e. The standard InChI is InChI=1S/C23H23F4N3O2/c24-15-4-1-13(2-5-15)19-14(3-6-18(31)29-16-7-8-28-20(16)32)9-17(30-19)21-10-22(11-21,12-21)23(25,26)27/h1-2,4-5,9,16,30H,3,6-8,10-12H2,(H,28,32)(H,29,31). The maximum atomic E-state index is 13.4. The van der Waals surface area contributed by atoms with Crippen LogP contribution in [0.5, 0.6) is 0 Å². The van der Waals surface area contributed by atoms with Gasteiger partial charge in [0.25, 0.3) is 0 Å². The van der Waals surface area contributed by atoms with Crippen LogP contribution < -0.4 is 10.6 Å². The van der Waals surface area contributed by atoms with Crippen molar-refractivity contribution in [3.8, 4) is 11.3 Å². The summed E-state index contributed by atoms with van der Waals surface area (Å²) in [6.07, 6.45) is -2.94. The normalized spacial score (nSPS) is 28.6. The molecule has 1 saturated heterocycles. The van der Waals surface area contributed by atoms with Gasteiger partial charge in [-0.2, -0.15) is 13.2 Å². The Hall–Kier alpha value is -2.84. The van der Waals surface area contributed by atoms with Gasteiger partial charge in [-0.05, 0) is 73.6 Å². The zero-order valence-electron chi connectivity index (χ0n) is 17.2. The van der Waals surface area contributed by atoms with Gasteiger partial charge < -0.3 is 15.6 Å². The average Bonchev–Trinajstić information content (AvgIpc) is 3.24. The number of alkyl halides is 3. The molecule has 4 aliphatic rings. The fraction of sp³-hybridized carbons (Fsp3) is 0.478. The van der Waals surface area contributed by atoms with E-state index in [9.17, 15) is 27.2 Å². The molecular formula is C23H23F4N3O2. The molecule has 6 rings (SSSR count). The van der Waals surface area contributed by atoms with Crippen LogP contribution in [-0.2, 0) is 21.4 Å². The van der Waals surface area contributed by atoms with Gasteiger partial charge in [0, 0.05) is 29.8 Å². The summed E-state index contributed by atoms with van der Waals surface area (Å²) >= 11 is 0. The third kappa shape index (κ3) is 3.29. The molecule has 1 atom stereocenters. The minimum absolute atomic E-state index is 0.0730. The fourth-order valence-electron chi connectivity index (χ4n) is 5.48. The number of H-pyrrole nitrogens is 1.